The molecule has 1 heterocycles. The molecule has 1 aliphatic rings. The Labute approximate surface area is 98.2 Å². The summed E-state index contributed by atoms with van der Waals surface area (Å²) in [7, 11) is 0. The van der Waals surface area contributed by atoms with E-state index in [1.165, 1.54) is 19.5 Å². The zero-order valence-electron chi connectivity index (χ0n) is 10.2. The monoisotopic (exact) mass is 219 g/mol. The maximum atomic E-state index is 5.77. The fourth-order valence-corrected chi connectivity index (χ4v) is 2.21. The third-order valence-corrected chi connectivity index (χ3v) is 3.31. The summed E-state index contributed by atoms with van der Waals surface area (Å²) in [6.45, 7) is 7.81. The predicted octanol–water partition coefficient (Wildman–Crippen LogP) is 2.80. The number of nitrogens with zero attached hydrogens (tertiary/aromatic N) is 1. The Hall–Kier alpha value is -1.02. The Morgan fingerprint density at radius 3 is 2.75 bits per heavy atom. The lowest BCUT2D eigenvalue weighted by atomic mass is 10.2. The second kappa shape index (κ2) is 5.35. The lowest BCUT2D eigenvalue weighted by molar-refractivity contribution is 0.169. The first-order chi connectivity index (χ1) is 7.75. The maximum absolute atomic E-state index is 5.77. The molecule has 16 heavy (non-hydrogen) atoms. The second-order valence-corrected chi connectivity index (χ2v) is 4.86. The van der Waals surface area contributed by atoms with Crippen LogP contribution >= 0.6 is 0 Å². The largest absolute Gasteiger partial charge is 0.492 e. The standard InChI is InChI=1S/C14H21NO/c1-12-8-9-15(10-12)13(2)11-16-14-6-4-3-5-7-14/h3-7,12-13H,8-11H2,1-2H3/t12-,13+/m1/s1. The van der Waals surface area contributed by atoms with Gasteiger partial charge in [0.05, 0.1) is 0 Å². The van der Waals surface area contributed by atoms with Crippen LogP contribution in [-0.4, -0.2) is 30.6 Å². The molecule has 2 heteroatoms. The van der Waals surface area contributed by atoms with Gasteiger partial charge in [0, 0.05) is 12.6 Å². The average molecular weight is 219 g/mol. The van der Waals surface area contributed by atoms with Crippen LogP contribution in [0.4, 0.5) is 0 Å². The van der Waals surface area contributed by atoms with E-state index in [1.807, 2.05) is 30.3 Å². The number of ether oxygens (including phenoxy) is 1. The van der Waals surface area contributed by atoms with E-state index in [-0.39, 0.29) is 0 Å². The van der Waals surface area contributed by atoms with Gasteiger partial charge in [-0.3, -0.25) is 4.90 Å². The summed E-state index contributed by atoms with van der Waals surface area (Å²) in [5.41, 5.74) is 0. The average Bonchev–Trinajstić information content (AvgIpc) is 2.74. The molecule has 0 unspecified atom stereocenters. The van der Waals surface area contributed by atoms with Gasteiger partial charge < -0.3 is 4.74 Å². The Morgan fingerprint density at radius 2 is 2.12 bits per heavy atom. The van der Waals surface area contributed by atoms with E-state index in [9.17, 15) is 0 Å². The molecule has 2 nitrogen and oxygen atoms in total. The van der Waals surface area contributed by atoms with Crippen LogP contribution in [0, 0.1) is 5.92 Å². The molecule has 1 saturated heterocycles. The Kier molecular flexibility index (Phi) is 3.83. The van der Waals surface area contributed by atoms with Crippen molar-refractivity contribution in [3.63, 3.8) is 0 Å². The first-order valence-electron chi connectivity index (χ1n) is 6.17. The Bertz CT molecular complexity index is 312. The van der Waals surface area contributed by atoms with Crippen LogP contribution in [0.1, 0.15) is 20.3 Å². The van der Waals surface area contributed by atoms with Gasteiger partial charge in [-0.05, 0) is 37.9 Å². The molecule has 2 atom stereocenters. The molecule has 0 saturated carbocycles. The lowest BCUT2D eigenvalue weighted by Crippen LogP contribution is -2.35. The van der Waals surface area contributed by atoms with Crippen molar-refractivity contribution in [2.24, 2.45) is 5.92 Å². The summed E-state index contributed by atoms with van der Waals surface area (Å²) in [5.74, 6) is 1.82. The fourth-order valence-electron chi connectivity index (χ4n) is 2.21. The highest BCUT2D eigenvalue weighted by molar-refractivity contribution is 5.20. The summed E-state index contributed by atoms with van der Waals surface area (Å²) >= 11 is 0. The van der Waals surface area contributed by atoms with Crippen LogP contribution in [-0.2, 0) is 0 Å². The minimum absolute atomic E-state index is 0.519. The van der Waals surface area contributed by atoms with Crippen LogP contribution in [0.25, 0.3) is 0 Å². The zero-order chi connectivity index (χ0) is 11.4. The van der Waals surface area contributed by atoms with Crippen molar-refractivity contribution in [3.05, 3.63) is 30.3 Å². The van der Waals surface area contributed by atoms with E-state index >= 15 is 0 Å². The second-order valence-electron chi connectivity index (χ2n) is 4.86. The van der Waals surface area contributed by atoms with Crippen LogP contribution in [0.2, 0.25) is 0 Å². The molecule has 1 aliphatic heterocycles. The molecule has 1 fully saturated rings. The molecule has 0 aliphatic carbocycles. The SMILES string of the molecule is C[C@@H]1CCN([C@@H](C)COc2ccccc2)C1. The van der Waals surface area contributed by atoms with E-state index < -0.39 is 0 Å². The van der Waals surface area contributed by atoms with Crippen LogP contribution in [0.15, 0.2) is 30.3 Å². The van der Waals surface area contributed by atoms with Gasteiger partial charge in [-0.2, -0.15) is 0 Å². The lowest BCUT2D eigenvalue weighted by Gasteiger charge is -2.24. The van der Waals surface area contributed by atoms with Gasteiger partial charge >= 0.3 is 0 Å². The van der Waals surface area contributed by atoms with E-state index in [2.05, 4.69) is 18.7 Å². The molecule has 0 bridgehead atoms. The number of hydrogen-bond donors (Lipinski definition) is 0. The fraction of sp³-hybridized carbons (Fsp3) is 0.571. The first kappa shape index (κ1) is 11.5. The molecule has 1 aromatic rings. The number of benzene rings is 1. The van der Waals surface area contributed by atoms with Gasteiger partial charge in [-0.1, -0.05) is 25.1 Å². The van der Waals surface area contributed by atoms with E-state index in [4.69, 9.17) is 4.74 Å². The summed E-state index contributed by atoms with van der Waals surface area (Å²) in [5, 5.41) is 0. The number of para-hydroxylation sites is 1. The molecule has 0 N–H and O–H groups in total. The molecule has 1 aromatic carbocycles. The van der Waals surface area contributed by atoms with Crippen molar-refractivity contribution in [3.8, 4) is 5.75 Å². The topological polar surface area (TPSA) is 12.5 Å². The number of hydrogen-bond acceptors (Lipinski definition) is 2. The number of likely N-dealkylation sites (tertiary alicyclic amines) is 1. The minimum atomic E-state index is 0.519. The van der Waals surface area contributed by atoms with Gasteiger partial charge in [0.25, 0.3) is 0 Å². The highest BCUT2D eigenvalue weighted by Crippen LogP contribution is 2.18. The highest BCUT2D eigenvalue weighted by atomic mass is 16.5. The highest BCUT2D eigenvalue weighted by Gasteiger charge is 2.23. The van der Waals surface area contributed by atoms with Gasteiger partial charge in [0.15, 0.2) is 0 Å². The van der Waals surface area contributed by atoms with Crippen LogP contribution in [0.5, 0.6) is 5.75 Å². The van der Waals surface area contributed by atoms with Crippen molar-refractivity contribution in [2.75, 3.05) is 19.7 Å². The Morgan fingerprint density at radius 1 is 1.38 bits per heavy atom. The summed E-state index contributed by atoms with van der Waals surface area (Å²) in [6.07, 6.45) is 1.33. The first-order valence-corrected chi connectivity index (χ1v) is 6.17. The van der Waals surface area contributed by atoms with E-state index in [0.29, 0.717) is 6.04 Å². The third kappa shape index (κ3) is 2.99. The molecule has 88 valence electrons. The number of rotatable bonds is 4. The van der Waals surface area contributed by atoms with Gasteiger partial charge in [-0.15, -0.1) is 0 Å². The van der Waals surface area contributed by atoms with Crippen LogP contribution < -0.4 is 4.74 Å². The smallest absolute Gasteiger partial charge is 0.119 e. The van der Waals surface area contributed by atoms with Gasteiger partial charge in [-0.25, -0.2) is 0 Å². The van der Waals surface area contributed by atoms with Crippen LogP contribution in [0.3, 0.4) is 0 Å². The van der Waals surface area contributed by atoms with Gasteiger partial charge in [0.1, 0.15) is 12.4 Å². The van der Waals surface area contributed by atoms with Gasteiger partial charge in [0.2, 0.25) is 0 Å². The maximum Gasteiger partial charge on any atom is 0.119 e. The van der Waals surface area contributed by atoms with Crippen molar-refractivity contribution < 1.29 is 4.74 Å². The normalized spacial score (nSPS) is 23.2. The van der Waals surface area contributed by atoms with E-state index in [1.54, 1.807) is 0 Å². The molecule has 0 spiro atoms. The minimum Gasteiger partial charge on any atom is -0.492 e. The van der Waals surface area contributed by atoms with Crippen molar-refractivity contribution >= 4 is 0 Å². The van der Waals surface area contributed by atoms with Crippen molar-refractivity contribution in [1.82, 2.24) is 4.90 Å². The molecule has 2 rings (SSSR count). The van der Waals surface area contributed by atoms with Crippen molar-refractivity contribution in [2.45, 2.75) is 26.3 Å². The molecule has 0 amide bonds. The molecular weight excluding hydrogens is 198 g/mol. The summed E-state index contributed by atoms with van der Waals surface area (Å²) in [4.78, 5) is 2.52. The quantitative estimate of drug-likeness (QED) is 0.772. The zero-order valence-corrected chi connectivity index (χ0v) is 10.2. The van der Waals surface area contributed by atoms with Crippen molar-refractivity contribution in [1.29, 1.82) is 0 Å². The Balaban J connectivity index is 1.78. The molecule has 0 aromatic heterocycles. The molecule has 0 radical (unpaired) electrons. The van der Waals surface area contributed by atoms with E-state index in [0.717, 1.165) is 18.3 Å². The summed E-state index contributed by atoms with van der Waals surface area (Å²) < 4.78 is 5.77. The molecular formula is C14H21NO. The predicted molar refractivity (Wildman–Crippen MR) is 66.8 cm³/mol. The third-order valence-electron chi connectivity index (χ3n) is 3.31. The summed E-state index contributed by atoms with van der Waals surface area (Å²) in [6, 6.07) is 10.6.